The van der Waals surface area contributed by atoms with E-state index < -0.39 is 12.0 Å². The van der Waals surface area contributed by atoms with Crippen molar-refractivity contribution in [1.82, 2.24) is 9.96 Å². The van der Waals surface area contributed by atoms with Gasteiger partial charge < -0.3 is 9.64 Å². The van der Waals surface area contributed by atoms with Gasteiger partial charge in [0, 0.05) is 6.42 Å². The molecule has 0 aromatic heterocycles. The van der Waals surface area contributed by atoms with E-state index in [1.165, 1.54) is 4.90 Å². The van der Waals surface area contributed by atoms with E-state index in [1.54, 1.807) is 0 Å². The maximum Gasteiger partial charge on any atom is 0.308 e. The average molecular weight is 427 g/mol. The first kappa shape index (κ1) is 24.1. The van der Waals surface area contributed by atoms with Gasteiger partial charge in [0.05, 0.1) is 12.5 Å². The molecule has 1 unspecified atom stereocenters. The van der Waals surface area contributed by atoms with Crippen LogP contribution < -0.4 is 0 Å². The number of rotatable bonds is 13. The molecule has 1 N–H and O–H groups in total. The Morgan fingerprint density at radius 1 is 1.03 bits per heavy atom. The van der Waals surface area contributed by atoms with E-state index >= 15 is 0 Å². The Kier molecular flexibility index (Phi) is 10.2. The van der Waals surface area contributed by atoms with Gasteiger partial charge in [0.15, 0.2) is 0 Å². The minimum Gasteiger partial charge on any atom is -0.461 e. The van der Waals surface area contributed by atoms with Crippen LogP contribution in [0.1, 0.15) is 56.2 Å². The van der Waals surface area contributed by atoms with Crippen molar-refractivity contribution in [3.8, 4) is 0 Å². The molecule has 0 aliphatic rings. The molecular formula is C24H30N2O5. The molecule has 31 heavy (non-hydrogen) atoms. The fourth-order valence-corrected chi connectivity index (χ4v) is 3.25. The van der Waals surface area contributed by atoms with Crippen LogP contribution >= 0.6 is 0 Å². The molecule has 0 saturated carbocycles. The van der Waals surface area contributed by atoms with Crippen LogP contribution in [0.3, 0.4) is 0 Å². The standard InChI is InChI=1S/C24H30N2O5/c1-2-3-6-15-23(28)26(18-25(30)19-27)22(21-13-9-5-10-14-21)16-24(29)31-17-20-11-7-4-8-12-20/h4-5,7-14,19,22,30H,2-3,6,15-18H2,1H3. The van der Waals surface area contributed by atoms with Gasteiger partial charge in [0.25, 0.3) is 0 Å². The lowest BCUT2D eigenvalue weighted by Gasteiger charge is -2.33. The van der Waals surface area contributed by atoms with Crippen LogP contribution in [0.15, 0.2) is 60.7 Å². The normalized spacial score (nSPS) is 11.4. The molecule has 0 aliphatic carbocycles. The van der Waals surface area contributed by atoms with Crippen molar-refractivity contribution in [2.45, 2.75) is 51.7 Å². The quantitative estimate of drug-likeness (QED) is 0.130. The fourth-order valence-electron chi connectivity index (χ4n) is 3.25. The number of hydrogen-bond donors (Lipinski definition) is 1. The van der Waals surface area contributed by atoms with Crippen molar-refractivity contribution in [3.63, 3.8) is 0 Å². The molecule has 2 rings (SSSR count). The van der Waals surface area contributed by atoms with Gasteiger partial charge in [-0.15, -0.1) is 0 Å². The molecule has 1 atom stereocenters. The third kappa shape index (κ3) is 8.22. The van der Waals surface area contributed by atoms with Crippen LogP contribution in [0.5, 0.6) is 0 Å². The third-order valence-corrected chi connectivity index (χ3v) is 4.90. The molecular weight excluding hydrogens is 396 g/mol. The van der Waals surface area contributed by atoms with Gasteiger partial charge in [-0.3, -0.25) is 19.6 Å². The molecule has 2 amide bonds. The fraction of sp³-hybridized carbons (Fsp3) is 0.375. The highest BCUT2D eigenvalue weighted by Crippen LogP contribution is 2.26. The Hall–Kier alpha value is -3.19. The van der Waals surface area contributed by atoms with Crippen LogP contribution in [0.25, 0.3) is 0 Å². The van der Waals surface area contributed by atoms with Gasteiger partial charge in [-0.25, -0.2) is 5.06 Å². The number of ether oxygens (including phenoxy) is 1. The second-order valence-corrected chi connectivity index (χ2v) is 7.28. The van der Waals surface area contributed by atoms with E-state index in [4.69, 9.17) is 4.74 Å². The zero-order chi connectivity index (χ0) is 22.5. The number of amides is 2. The Morgan fingerprint density at radius 2 is 1.68 bits per heavy atom. The zero-order valence-corrected chi connectivity index (χ0v) is 17.9. The molecule has 0 spiro atoms. The van der Waals surface area contributed by atoms with E-state index in [0.717, 1.165) is 24.0 Å². The molecule has 0 radical (unpaired) electrons. The van der Waals surface area contributed by atoms with Crippen LogP contribution in [0.4, 0.5) is 0 Å². The minimum absolute atomic E-state index is 0.0942. The summed E-state index contributed by atoms with van der Waals surface area (Å²) in [7, 11) is 0. The molecule has 0 fully saturated rings. The highest BCUT2D eigenvalue weighted by atomic mass is 16.5. The Balaban J connectivity index is 2.20. The van der Waals surface area contributed by atoms with E-state index in [-0.39, 0.29) is 38.4 Å². The number of benzene rings is 2. The number of hydroxylamine groups is 2. The first-order valence-electron chi connectivity index (χ1n) is 10.5. The monoisotopic (exact) mass is 426 g/mol. The van der Waals surface area contributed by atoms with E-state index in [1.807, 2.05) is 67.6 Å². The maximum absolute atomic E-state index is 13.0. The molecule has 0 aliphatic heterocycles. The summed E-state index contributed by atoms with van der Waals surface area (Å²) in [4.78, 5) is 38.0. The second-order valence-electron chi connectivity index (χ2n) is 7.28. The first-order chi connectivity index (χ1) is 15.0. The van der Waals surface area contributed by atoms with Gasteiger partial charge in [0.2, 0.25) is 12.3 Å². The van der Waals surface area contributed by atoms with Gasteiger partial charge in [0.1, 0.15) is 13.3 Å². The van der Waals surface area contributed by atoms with Crippen molar-refractivity contribution in [2.24, 2.45) is 0 Å². The summed E-state index contributed by atoms with van der Waals surface area (Å²) in [5, 5.41) is 10.2. The second kappa shape index (κ2) is 13.2. The highest BCUT2D eigenvalue weighted by Gasteiger charge is 2.29. The third-order valence-electron chi connectivity index (χ3n) is 4.90. The maximum atomic E-state index is 13.0. The summed E-state index contributed by atoms with van der Waals surface area (Å²) in [6, 6.07) is 17.7. The van der Waals surface area contributed by atoms with Gasteiger partial charge in [-0.05, 0) is 17.5 Å². The molecule has 2 aromatic rings. The van der Waals surface area contributed by atoms with Crippen molar-refractivity contribution in [1.29, 1.82) is 0 Å². The van der Waals surface area contributed by atoms with Crippen molar-refractivity contribution in [3.05, 3.63) is 71.8 Å². The molecule has 166 valence electrons. The van der Waals surface area contributed by atoms with E-state index in [9.17, 15) is 19.6 Å². The lowest BCUT2D eigenvalue weighted by molar-refractivity contribution is -0.168. The summed E-state index contributed by atoms with van der Waals surface area (Å²) < 4.78 is 5.42. The Morgan fingerprint density at radius 3 is 2.29 bits per heavy atom. The van der Waals surface area contributed by atoms with Crippen LogP contribution in [0, 0.1) is 0 Å². The number of carbonyl (C=O) groups excluding carboxylic acids is 3. The van der Waals surface area contributed by atoms with Gasteiger partial charge in [-0.1, -0.05) is 80.4 Å². The topological polar surface area (TPSA) is 87.2 Å². The molecule has 7 heteroatoms. The summed E-state index contributed by atoms with van der Waals surface area (Å²) >= 11 is 0. The highest BCUT2D eigenvalue weighted by molar-refractivity contribution is 5.78. The zero-order valence-electron chi connectivity index (χ0n) is 17.9. The SMILES string of the molecule is CCCCCC(=O)N(CN(O)C=O)C(CC(=O)OCc1ccccc1)c1ccccc1. The summed E-state index contributed by atoms with van der Waals surface area (Å²) in [6.07, 6.45) is 2.96. The lowest BCUT2D eigenvalue weighted by atomic mass is 10.0. The first-order valence-corrected chi connectivity index (χ1v) is 10.5. The number of esters is 1. The van der Waals surface area contributed by atoms with Gasteiger partial charge in [-0.2, -0.15) is 0 Å². The summed E-state index contributed by atoms with van der Waals surface area (Å²) in [5.41, 5.74) is 1.59. The molecule has 0 bridgehead atoms. The number of hydrogen-bond acceptors (Lipinski definition) is 5. The van der Waals surface area contributed by atoms with Gasteiger partial charge >= 0.3 is 5.97 Å². The molecule has 7 nitrogen and oxygen atoms in total. The van der Waals surface area contributed by atoms with Crippen LogP contribution in [0.2, 0.25) is 0 Å². The summed E-state index contributed by atoms with van der Waals surface area (Å²) in [5.74, 6) is -0.710. The Labute approximate surface area is 183 Å². The number of unbranched alkanes of at least 4 members (excludes halogenated alkanes) is 2. The lowest BCUT2D eigenvalue weighted by Crippen LogP contribution is -2.43. The molecule has 2 aromatic carbocycles. The number of nitrogens with zero attached hydrogens (tertiary/aromatic N) is 2. The smallest absolute Gasteiger partial charge is 0.308 e. The predicted molar refractivity (Wildman–Crippen MR) is 116 cm³/mol. The average Bonchev–Trinajstić information content (AvgIpc) is 2.81. The molecule has 0 saturated heterocycles. The largest absolute Gasteiger partial charge is 0.461 e. The minimum atomic E-state index is -0.673. The van der Waals surface area contributed by atoms with E-state index in [2.05, 4.69) is 0 Å². The number of carbonyl (C=O) groups is 3. The molecule has 0 heterocycles. The Bertz CT molecular complexity index is 813. The van der Waals surface area contributed by atoms with Crippen molar-refractivity contribution in [2.75, 3.05) is 6.67 Å². The van der Waals surface area contributed by atoms with Crippen molar-refractivity contribution >= 4 is 18.3 Å². The van der Waals surface area contributed by atoms with Crippen molar-refractivity contribution < 1.29 is 24.3 Å². The van der Waals surface area contributed by atoms with Crippen LogP contribution in [-0.2, 0) is 25.7 Å². The summed E-state index contributed by atoms with van der Waals surface area (Å²) in [6.45, 7) is 1.84. The van der Waals surface area contributed by atoms with Crippen LogP contribution in [-0.4, -0.2) is 40.1 Å². The predicted octanol–water partition coefficient (Wildman–Crippen LogP) is 4.08. The van der Waals surface area contributed by atoms with E-state index in [0.29, 0.717) is 11.5 Å².